The summed E-state index contributed by atoms with van der Waals surface area (Å²) in [5.74, 6) is 1.60. The van der Waals surface area contributed by atoms with Crippen molar-refractivity contribution in [3.05, 3.63) is 42.7 Å². The molecule has 2 heterocycles. The second-order valence-corrected chi connectivity index (χ2v) is 5.00. The van der Waals surface area contributed by atoms with Crippen LogP contribution in [0.25, 0.3) is 22.4 Å². The van der Waals surface area contributed by atoms with Gasteiger partial charge in [-0.1, -0.05) is 6.07 Å². The molecule has 0 unspecified atom stereocenters. The number of pyridine rings is 1. The predicted molar refractivity (Wildman–Crippen MR) is 92.6 cm³/mol. The Balaban J connectivity index is 2.25. The van der Waals surface area contributed by atoms with Crippen molar-refractivity contribution in [3.63, 3.8) is 0 Å². The van der Waals surface area contributed by atoms with Gasteiger partial charge in [-0.25, -0.2) is 4.98 Å². The van der Waals surface area contributed by atoms with E-state index in [1.54, 1.807) is 32.7 Å². The molecule has 0 aliphatic rings. The standard InChI is InChI=1S/C17H17N5O2/c1-23-12-6-5-10(8-13(12)24-2)15-14(11-4-3-7-20-9-11)16(18)22-17(19)21-15/h3-9H,1-2H3,(H4,18,19,21,22). The second kappa shape index (κ2) is 6.41. The quantitative estimate of drug-likeness (QED) is 0.758. The average molecular weight is 323 g/mol. The fourth-order valence-corrected chi connectivity index (χ4v) is 2.48. The summed E-state index contributed by atoms with van der Waals surface area (Å²) in [4.78, 5) is 12.6. The van der Waals surface area contributed by atoms with E-state index in [1.165, 1.54) is 0 Å². The molecule has 0 saturated carbocycles. The van der Waals surface area contributed by atoms with Crippen LogP contribution in [0.1, 0.15) is 0 Å². The normalized spacial score (nSPS) is 10.4. The summed E-state index contributed by atoms with van der Waals surface area (Å²) in [7, 11) is 3.16. The van der Waals surface area contributed by atoms with Crippen molar-refractivity contribution in [1.82, 2.24) is 15.0 Å². The van der Waals surface area contributed by atoms with Gasteiger partial charge in [0.15, 0.2) is 11.5 Å². The Hall–Kier alpha value is -3.35. The van der Waals surface area contributed by atoms with Crippen LogP contribution < -0.4 is 20.9 Å². The molecule has 7 nitrogen and oxygen atoms in total. The lowest BCUT2D eigenvalue weighted by Gasteiger charge is -2.14. The van der Waals surface area contributed by atoms with Gasteiger partial charge < -0.3 is 20.9 Å². The number of rotatable bonds is 4. The Morgan fingerprint density at radius 2 is 1.71 bits per heavy atom. The van der Waals surface area contributed by atoms with Crippen LogP contribution in [0.3, 0.4) is 0 Å². The van der Waals surface area contributed by atoms with Gasteiger partial charge in [-0.15, -0.1) is 0 Å². The molecule has 0 bridgehead atoms. The zero-order valence-corrected chi connectivity index (χ0v) is 13.4. The summed E-state index contributed by atoms with van der Waals surface area (Å²) < 4.78 is 10.6. The number of hydrogen-bond donors (Lipinski definition) is 2. The summed E-state index contributed by atoms with van der Waals surface area (Å²) >= 11 is 0. The van der Waals surface area contributed by atoms with E-state index in [4.69, 9.17) is 20.9 Å². The highest BCUT2D eigenvalue weighted by atomic mass is 16.5. The fraction of sp³-hybridized carbons (Fsp3) is 0.118. The maximum Gasteiger partial charge on any atom is 0.222 e. The summed E-state index contributed by atoms with van der Waals surface area (Å²) in [6.45, 7) is 0. The van der Waals surface area contributed by atoms with Gasteiger partial charge in [-0.05, 0) is 24.3 Å². The zero-order chi connectivity index (χ0) is 17.1. The second-order valence-electron chi connectivity index (χ2n) is 5.00. The van der Waals surface area contributed by atoms with E-state index in [-0.39, 0.29) is 5.95 Å². The molecule has 24 heavy (non-hydrogen) atoms. The number of nitrogen functional groups attached to an aromatic ring is 2. The molecular weight excluding hydrogens is 306 g/mol. The molecule has 1 aromatic carbocycles. The fourth-order valence-electron chi connectivity index (χ4n) is 2.48. The molecule has 0 radical (unpaired) electrons. The van der Waals surface area contributed by atoms with Crippen LogP contribution in [0.5, 0.6) is 11.5 Å². The molecule has 3 aromatic rings. The molecular formula is C17H17N5O2. The smallest absolute Gasteiger partial charge is 0.222 e. The molecule has 3 rings (SSSR count). The first kappa shape index (κ1) is 15.5. The van der Waals surface area contributed by atoms with Gasteiger partial charge in [0, 0.05) is 23.5 Å². The Morgan fingerprint density at radius 1 is 0.917 bits per heavy atom. The van der Waals surface area contributed by atoms with Crippen molar-refractivity contribution in [2.45, 2.75) is 0 Å². The lowest BCUT2D eigenvalue weighted by molar-refractivity contribution is 0.355. The van der Waals surface area contributed by atoms with E-state index in [2.05, 4.69) is 15.0 Å². The number of aromatic nitrogens is 3. The maximum atomic E-state index is 6.10. The lowest BCUT2D eigenvalue weighted by Crippen LogP contribution is -2.05. The van der Waals surface area contributed by atoms with Gasteiger partial charge in [0.05, 0.1) is 25.5 Å². The first-order valence-corrected chi connectivity index (χ1v) is 7.19. The van der Waals surface area contributed by atoms with E-state index in [0.717, 1.165) is 11.1 Å². The summed E-state index contributed by atoms with van der Waals surface area (Å²) in [5, 5.41) is 0. The summed E-state index contributed by atoms with van der Waals surface area (Å²) in [5.41, 5.74) is 14.8. The Morgan fingerprint density at radius 3 is 2.38 bits per heavy atom. The maximum absolute atomic E-state index is 6.10. The topological polar surface area (TPSA) is 109 Å². The van der Waals surface area contributed by atoms with E-state index < -0.39 is 0 Å². The molecule has 0 amide bonds. The third kappa shape index (κ3) is 2.79. The van der Waals surface area contributed by atoms with Crippen molar-refractivity contribution >= 4 is 11.8 Å². The van der Waals surface area contributed by atoms with Crippen molar-refractivity contribution in [2.75, 3.05) is 25.7 Å². The minimum Gasteiger partial charge on any atom is -0.493 e. The molecule has 0 aliphatic heterocycles. The number of hydrogen-bond acceptors (Lipinski definition) is 7. The van der Waals surface area contributed by atoms with Crippen LogP contribution in [-0.4, -0.2) is 29.2 Å². The lowest BCUT2D eigenvalue weighted by atomic mass is 10.0. The van der Waals surface area contributed by atoms with Crippen LogP contribution in [0.4, 0.5) is 11.8 Å². The van der Waals surface area contributed by atoms with Crippen LogP contribution in [0, 0.1) is 0 Å². The minimum absolute atomic E-state index is 0.102. The molecule has 0 spiro atoms. The predicted octanol–water partition coefficient (Wildman–Crippen LogP) is 2.39. The van der Waals surface area contributed by atoms with E-state index in [9.17, 15) is 0 Å². The molecule has 4 N–H and O–H groups in total. The molecule has 2 aromatic heterocycles. The third-order valence-corrected chi connectivity index (χ3v) is 3.56. The van der Waals surface area contributed by atoms with Crippen molar-refractivity contribution < 1.29 is 9.47 Å². The molecule has 122 valence electrons. The highest BCUT2D eigenvalue weighted by molar-refractivity contribution is 5.88. The van der Waals surface area contributed by atoms with Crippen LogP contribution in [0.15, 0.2) is 42.7 Å². The largest absolute Gasteiger partial charge is 0.493 e. The van der Waals surface area contributed by atoms with Crippen molar-refractivity contribution in [2.24, 2.45) is 0 Å². The number of anilines is 2. The van der Waals surface area contributed by atoms with Gasteiger partial charge in [-0.2, -0.15) is 4.98 Å². The first-order chi connectivity index (χ1) is 11.6. The monoisotopic (exact) mass is 323 g/mol. The average Bonchev–Trinajstić information content (AvgIpc) is 2.61. The van der Waals surface area contributed by atoms with E-state index in [1.807, 2.05) is 24.3 Å². The number of benzene rings is 1. The van der Waals surface area contributed by atoms with Gasteiger partial charge in [0.1, 0.15) is 5.82 Å². The van der Waals surface area contributed by atoms with Gasteiger partial charge in [0.2, 0.25) is 5.95 Å². The Bertz CT molecular complexity index is 868. The van der Waals surface area contributed by atoms with Crippen molar-refractivity contribution in [3.8, 4) is 33.9 Å². The molecule has 0 saturated heterocycles. The molecule has 0 aliphatic carbocycles. The highest BCUT2D eigenvalue weighted by Gasteiger charge is 2.17. The van der Waals surface area contributed by atoms with Crippen LogP contribution in [0.2, 0.25) is 0 Å². The SMILES string of the molecule is COc1ccc(-c2nc(N)nc(N)c2-c2cccnc2)cc1OC. The molecule has 0 atom stereocenters. The van der Waals surface area contributed by atoms with Gasteiger partial charge in [-0.3, -0.25) is 4.98 Å². The number of ether oxygens (including phenoxy) is 2. The first-order valence-electron chi connectivity index (χ1n) is 7.19. The summed E-state index contributed by atoms with van der Waals surface area (Å²) in [6.07, 6.45) is 3.39. The summed E-state index contributed by atoms with van der Waals surface area (Å²) in [6, 6.07) is 9.20. The van der Waals surface area contributed by atoms with E-state index >= 15 is 0 Å². The van der Waals surface area contributed by atoms with Gasteiger partial charge in [0.25, 0.3) is 0 Å². The number of nitrogens with two attached hydrogens (primary N) is 2. The van der Waals surface area contributed by atoms with Crippen LogP contribution >= 0.6 is 0 Å². The number of nitrogens with zero attached hydrogens (tertiary/aromatic N) is 3. The number of methoxy groups -OCH3 is 2. The Kier molecular flexibility index (Phi) is 4.15. The Labute approximate surface area is 139 Å². The van der Waals surface area contributed by atoms with Gasteiger partial charge >= 0.3 is 0 Å². The van der Waals surface area contributed by atoms with Crippen LogP contribution in [-0.2, 0) is 0 Å². The van der Waals surface area contributed by atoms with E-state index in [0.29, 0.717) is 28.6 Å². The van der Waals surface area contributed by atoms with Crippen molar-refractivity contribution in [1.29, 1.82) is 0 Å². The third-order valence-electron chi connectivity index (χ3n) is 3.56. The zero-order valence-electron chi connectivity index (χ0n) is 13.4. The molecule has 7 heteroatoms. The highest BCUT2D eigenvalue weighted by Crippen LogP contribution is 2.38. The molecule has 0 fully saturated rings. The minimum atomic E-state index is 0.102.